The maximum atomic E-state index is 13.4. The van der Waals surface area contributed by atoms with Gasteiger partial charge in [-0.15, -0.1) is 0 Å². The van der Waals surface area contributed by atoms with E-state index >= 15 is 0 Å². The molecule has 2 atom stereocenters. The Balaban J connectivity index is 1.34. The van der Waals surface area contributed by atoms with Crippen LogP contribution in [-0.4, -0.2) is 87.8 Å². The van der Waals surface area contributed by atoms with Crippen LogP contribution in [0.4, 0.5) is 5.69 Å². The first kappa shape index (κ1) is 24.5. The molecule has 0 saturated carbocycles. The summed E-state index contributed by atoms with van der Waals surface area (Å²) in [6.45, 7) is 6.74. The van der Waals surface area contributed by atoms with Gasteiger partial charge in [-0.05, 0) is 36.5 Å². The molecule has 0 radical (unpaired) electrons. The number of anilines is 1. The minimum atomic E-state index is -3.75. The highest BCUT2D eigenvalue weighted by Gasteiger charge is 2.41. The topological polar surface area (TPSA) is 106 Å². The third kappa shape index (κ3) is 4.78. The Morgan fingerprint density at radius 2 is 1.74 bits per heavy atom. The van der Waals surface area contributed by atoms with Crippen LogP contribution >= 0.6 is 0 Å². The maximum absolute atomic E-state index is 13.4. The number of nitrogens with zero attached hydrogens (tertiary/aromatic N) is 3. The Hall–Kier alpha value is -2.21. The number of hydrogen-bond donors (Lipinski definition) is 0. The number of carbonyl (C=O) groups is 2. The van der Waals surface area contributed by atoms with Crippen LogP contribution in [0.3, 0.4) is 0 Å². The zero-order valence-corrected chi connectivity index (χ0v) is 21.1. The monoisotopic (exact) mass is 507 g/mol. The van der Waals surface area contributed by atoms with Gasteiger partial charge in [-0.3, -0.25) is 14.5 Å². The molecule has 1 spiro atoms. The van der Waals surface area contributed by atoms with Gasteiger partial charge in [0.1, 0.15) is 12.3 Å². The summed E-state index contributed by atoms with van der Waals surface area (Å²) in [5, 5.41) is 0. The molecule has 2 amide bonds. The van der Waals surface area contributed by atoms with E-state index in [1.54, 1.807) is 11.0 Å². The lowest BCUT2D eigenvalue weighted by Crippen LogP contribution is -2.51. The summed E-state index contributed by atoms with van der Waals surface area (Å²) in [6.07, 6.45) is 2.16. The van der Waals surface area contributed by atoms with Crippen molar-refractivity contribution in [3.05, 3.63) is 18.2 Å². The van der Waals surface area contributed by atoms with Gasteiger partial charge < -0.3 is 19.1 Å². The normalized spacial score (nSPS) is 27.1. The Bertz CT molecular complexity index is 1080. The van der Waals surface area contributed by atoms with Crippen LogP contribution < -0.4 is 9.64 Å². The summed E-state index contributed by atoms with van der Waals surface area (Å²) in [7, 11) is -3.75. The molecule has 3 saturated heterocycles. The van der Waals surface area contributed by atoms with Crippen molar-refractivity contribution in [3.8, 4) is 5.75 Å². The SMILES string of the molecule is C[C@@H]1C[C@@H](C)CN(S(=O)(=O)c2ccc3c(c2)N(CC(=O)N2CCC4(CC2)OCCO4)C(=O)CO3)C1. The third-order valence-corrected chi connectivity index (χ3v) is 9.16. The molecular formula is C24H33N3O7S. The number of likely N-dealkylation sites (tertiary alicyclic amines) is 1. The van der Waals surface area contributed by atoms with Gasteiger partial charge in [0.2, 0.25) is 15.9 Å². The molecule has 10 nitrogen and oxygen atoms in total. The first-order valence-electron chi connectivity index (χ1n) is 12.3. The standard InChI is InChI=1S/C24H33N3O7S/c1-17-11-18(2)14-26(13-17)35(30,31)19-3-4-21-20(12-19)27(23(29)16-32-21)15-22(28)25-7-5-24(6-8-25)33-9-10-34-24/h3-4,12,17-18H,5-11,13-16H2,1-2H3/t17-,18-/m1/s1. The molecule has 0 aliphatic carbocycles. The second-order valence-electron chi connectivity index (χ2n) is 10.2. The van der Waals surface area contributed by atoms with Gasteiger partial charge >= 0.3 is 0 Å². The largest absolute Gasteiger partial charge is 0.482 e. The molecule has 4 aliphatic heterocycles. The molecule has 35 heavy (non-hydrogen) atoms. The van der Waals surface area contributed by atoms with Gasteiger partial charge in [0.25, 0.3) is 5.91 Å². The molecule has 1 aromatic carbocycles. The first-order chi connectivity index (χ1) is 16.7. The van der Waals surface area contributed by atoms with Crippen LogP contribution in [0.5, 0.6) is 5.75 Å². The number of benzene rings is 1. The second-order valence-corrected chi connectivity index (χ2v) is 12.1. The molecule has 1 aromatic rings. The first-order valence-corrected chi connectivity index (χ1v) is 13.7. The van der Waals surface area contributed by atoms with Crippen molar-refractivity contribution in [2.75, 3.05) is 57.4 Å². The number of amides is 2. The number of carbonyl (C=O) groups excluding carboxylic acids is 2. The molecule has 11 heteroatoms. The summed E-state index contributed by atoms with van der Waals surface area (Å²) in [5.41, 5.74) is 0.310. The van der Waals surface area contributed by atoms with Crippen molar-refractivity contribution < 1.29 is 32.2 Å². The van der Waals surface area contributed by atoms with Gasteiger partial charge in [0, 0.05) is 39.0 Å². The molecule has 192 valence electrons. The molecule has 3 fully saturated rings. The summed E-state index contributed by atoms with van der Waals surface area (Å²) in [6, 6.07) is 4.55. The lowest BCUT2D eigenvalue weighted by Gasteiger charge is -2.38. The molecule has 0 N–H and O–H groups in total. The van der Waals surface area contributed by atoms with Crippen molar-refractivity contribution in [2.24, 2.45) is 11.8 Å². The molecule has 0 unspecified atom stereocenters. The summed E-state index contributed by atoms with van der Waals surface area (Å²) < 4.78 is 45.4. The zero-order chi connectivity index (χ0) is 24.8. The number of hydrogen-bond acceptors (Lipinski definition) is 7. The zero-order valence-electron chi connectivity index (χ0n) is 20.3. The fraction of sp³-hybridized carbons (Fsp3) is 0.667. The average molecular weight is 508 g/mol. The van der Waals surface area contributed by atoms with E-state index in [1.165, 1.54) is 21.3 Å². The van der Waals surface area contributed by atoms with E-state index in [4.69, 9.17) is 14.2 Å². The van der Waals surface area contributed by atoms with E-state index in [0.717, 1.165) is 6.42 Å². The predicted molar refractivity (Wildman–Crippen MR) is 126 cm³/mol. The fourth-order valence-corrected chi connectivity index (χ4v) is 7.28. The van der Waals surface area contributed by atoms with Crippen LogP contribution in [0.25, 0.3) is 0 Å². The predicted octanol–water partition coefficient (Wildman–Crippen LogP) is 1.44. The summed E-state index contributed by atoms with van der Waals surface area (Å²) in [5.74, 6) is -0.238. The summed E-state index contributed by atoms with van der Waals surface area (Å²) >= 11 is 0. The Morgan fingerprint density at radius 1 is 1.09 bits per heavy atom. The smallest absolute Gasteiger partial charge is 0.265 e. The van der Waals surface area contributed by atoms with Gasteiger partial charge in [0.05, 0.1) is 23.8 Å². The van der Waals surface area contributed by atoms with Crippen LogP contribution in [0.15, 0.2) is 23.1 Å². The van der Waals surface area contributed by atoms with Crippen molar-refractivity contribution in [1.29, 1.82) is 0 Å². The van der Waals surface area contributed by atoms with Crippen molar-refractivity contribution >= 4 is 27.5 Å². The highest BCUT2D eigenvalue weighted by atomic mass is 32.2. The Labute approximate surface area is 206 Å². The van der Waals surface area contributed by atoms with Crippen molar-refractivity contribution in [2.45, 2.75) is 43.8 Å². The highest BCUT2D eigenvalue weighted by molar-refractivity contribution is 7.89. The number of fused-ring (bicyclic) bond motifs is 1. The van der Waals surface area contributed by atoms with Gasteiger partial charge in [-0.25, -0.2) is 8.42 Å². The molecule has 4 heterocycles. The van der Waals surface area contributed by atoms with Gasteiger partial charge in [-0.1, -0.05) is 13.8 Å². The van der Waals surface area contributed by atoms with E-state index in [9.17, 15) is 18.0 Å². The number of rotatable bonds is 4. The van der Waals surface area contributed by atoms with Crippen LogP contribution in [0.1, 0.15) is 33.1 Å². The van der Waals surface area contributed by atoms with Crippen LogP contribution in [0, 0.1) is 11.8 Å². The maximum Gasteiger partial charge on any atom is 0.265 e. The third-order valence-electron chi connectivity index (χ3n) is 7.33. The van der Waals surface area contributed by atoms with E-state index in [2.05, 4.69) is 13.8 Å². The van der Waals surface area contributed by atoms with E-state index in [-0.39, 0.29) is 41.7 Å². The van der Waals surface area contributed by atoms with E-state index < -0.39 is 15.8 Å². The molecular weight excluding hydrogens is 474 g/mol. The van der Waals surface area contributed by atoms with E-state index in [0.29, 0.717) is 63.7 Å². The number of piperidine rings is 2. The van der Waals surface area contributed by atoms with Crippen molar-refractivity contribution in [3.63, 3.8) is 0 Å². The minimum absolute atomic E-state index is 0.101. The highest BCUT2D eigenvalue weighted by Crippen LogP contribution is 2.37. The van der Waals surface area contributed by atoms with E-state index in [1.807, 2.05) is 0 Å². The Kier molecular flexibility index (Phi) is 6.54. The quantitative estimate of drug-likeness (QED) is 0.607. The molecule has 5 rings (SSSR count). The Morgan fingerprint density at radius 3 is 2.40 bits per heavy atom. The number of ether oxygens (including phenoxy) is 3. The van der Waals surface area contributed by atoms with Crippen molar-refractivity contribution in [1.82, 2.24) is 9.21 Å². The average Bonchev–Trinajstić information content (AvgIpc) is 3.28. The lowest BCUT2D eigenvalue weighted by molar-refractivity contribution is -0.187. The van der Waals surface area contributed by atoms with Gasteiger partial charge in [0.15, 0.2) is 12.4 Å². The summed E-state index contributed by atoms with van der Waals surface area (Å²) in [4.78, 5) is 29.0. The van der Waals surface area contributed by atoms with Gasteiger partial charge in [-0.2, -0.15) is 4.31 Å². The lowest BCUT2D eigenvalue weighted by atomic mass is 9.94. The molecule has 0 bridgehead atoms. The second kappa shape index (κ2) is 9.34. The number of sulfonamides is 1. The molecule has 0 aromatic heterocycles. The fourth-order valence-electron chi connectivity index (χ4n) is 5.58. The molecule has 4 aliphatic rings. The minimum Gasteiger partial charge on any atom is -0.482 e. The van der Waals surface area contributed by atoms with Crippen LogP contribution in [0.2, 0.25) is 0 Å². The van der Waals surface area contributed by atoms with Crippen LogP contribution in [-0.2, 0) is 29.1 Å².